The lowest BCUT2D eigenvalue weighted by Gasteiger charge is -2.47. The SMILES string of the molecule is C[C@@H]1CN(C(=O)COCCOc2ccccc2)[C@H]1c1ccccc1. The lowest BCUT2D eigenvalue weighted by molar-refractivity contribution is -0.148. The summed E-state index contributed by atoms with van der Waals surface area (Å²) in [6.07, 6.45) is 0. The number of rotatable bonds is 7. The van der Waals surface area contributed by atoms with E-state index >= 15 is 0 Å². The van der Waals surface area contributed by atoms with Gasteiger partial charge in [0.25, 0.3) is 0 Å². The van der Waals surface area contributed by atoms with Crippen molar-refractivity contribution >= 4 is 5.91 Å². The molecule has 2 aromatic rings. The Labute approximate surface area is 143 Å². The molecule has 0 spiro atoms. The van der Waals surface area contributed by atoms with Crippen LogP contribution in [0.4, 0.5) is 0 Å². The molecule has 3 rings (SSSR count). The molecule has 126 valence electrons. The van der Waals surface area contributed by atoms with Crippen LogP contribution in [0, 0.1) is 5.92 Å². The van der Waals surface area contributed by atoms with Crippen molar-refractivity contribution in [2.45, 2.75) is 13.0 Å². The molecule has 0 unspecified atom stereocenters. The molecule has 1 aliphatic heterocycles. The summed E-state index contributed by atoms with van der Waals surface area (Å²) >= 11 is 0. The molecule has 0 aliphatic carbocycles. The lowest BCUT2D eigenvalue weighted by Crippen LogP contribution is -2.52. The Bertz CT molecular complexity index is 644. The summed E-state index contributed by atoms with van der Waals surface area (Å²) < 4.78 is 11.0. The summed E-state index contributed by atoms with van der Waals surface area (Å²) in [5, 5.41) is 0. The molecule has 1 saturated heterocycles. The fourth-order valence-electron chi connectivity index (χ4n) is 3.09. The number of hydrogen-bond donors (Lipinski definition) is 0. The van der Waals surface area contributed by atoms with Crippen LogP contribution in [0.2, 0.25) is 0 Å². The maximum atomic E-state index is 12.3. The van der Waals surface area contributed by atoms with Gasteiger partial charge in [-0.3, -0.25) is 4.79 Å². The Morgan fingerprint density at radius 1 is 1.04 bits per heavy atom. The normalized spacial score (nSPS) is 19.6. The number of likely N-dealkylation sites (tertiary alicyclic amines) is 1. The maximum Gasteiger partial charge on any atom is 0.249 e. The Kier molecular flexibility index (Phi) is 5.49. The molecule has 1 aliphatic rings. The largest absolute Gasteiger partial charge is 0.491 e. The third-order valence-electron chi connectivity index (χ3n) is 4.29. The van der Waals surface area contributed by atoms with Gasteiger partial charge in [-0.1, -0.05) is 55.5 Å². The van der Waals surface area contributed by atoms with Crippen LogP contribution < -0.4 is 4.74 Å². The minimum atomic E-state index is 0.0432. The van der Waals surface area contributed by atoms with E-state index in [9.17, 15) is 4.79 Å². The van der Waals surface area contributed by atoms with Gasteiger partial charge < -0.3 is 14.4 Å². The number of hydrogen-bond acceptors (Lipinski definition) is 3. The van der Waals surface area contributed by atoms with Crippen LogP contribution >= 0.6 is 0 Å². The summed E-state index contributed by atoms with van der Waals surface area (Å²) in [6.45, 7) is 3.92. The molecule has 24 heavy (non-hydrogen) atoms. The molecule has 0 saturated carbocycles. The van der Waals surface area contributed by atoms with Crippen LogP contribution in [0.5, 0.6) is 5.75 Å². The highest BCUT2D eigenvalue weighted by molar-refractivity contribution is 5.79. The zero-order valence-electron chi connectivity index (χ0n) is 13.9. The first-order valence-electron chi connectivity index (χ1n) is 8.35. The van der Waals surface area contributed by atoms with Crippen LogP contribution in [0.3, 0.4) is 0 Å². The smallest absolute Gasteiger partial charge is 0.249 e. The molecule has 2 atom stereocenters. The van der Waals surface area contributed by atoms with Crippen LogP contribution in [-0.4, -0.2) is 37.2 Å². The second-order valence-corrected chi connectivity index (χ2v) is 6.09. The van der Waals surface area contributed by atoms with E-state index in [1.807, 2.05) is 53.4 Å². The van der Waals surface area contributed by atoms with Crippen molar-refractivity contribution in [3.63, 3.8) is 0 Å². The summed E-state index contributed by atoms with van der Waals surface area (Å²) in [5.74, 6) is 1.34. The topological polar surface area (TPSA) is 38.8 Å². The van der Waals surface area contributed by atoms with Gasteiger partial charge in [0.1, 0.15) is 19.0 Å². The molecule has 0 N–H and O–H groups in total. The molecule has 1 heterocycles. The van der Waals surface area contributed by atoms with Crippen molar-refractivity contribution in [3.8, 4) is 5.75 Å². The molecule has 2 aromatic carbocycles. The highest BCUT2D eigenvalue weighted by atomic mass is 16.5. The fourth-order valence-corrected chi connectivity index (χ4v) is 3.09. The van der Waals surface area contributed by atoms with Crippen molar-refractivity contribution in [1.82, 2.24) is 4.90 Å². The number of carbonyl (C=O) groups is 1. The first-order valence-corrected chi connectivity index (χ1v) is 8.35. The third kappa shape index (κ3) is 3.95. The predicted molar refractivity (Wildman–Crippen MR) is 92.8 cm³/mol. The Hall–Kier alpha value is -2.33. The molecular formula is C20H23NO3. The zero-order valence-corrected chi connectivity index (χ0v) is 13.9. The van der Waals surface area contributed by atoms with Crippen molar-refractivity contribution in [3.05, 3.63) is 66.2 Å². The molecule has 1 amide bonds. The van der Waals surface area contributed by atoms with Crippen molar-refractivity contribution in [1.29, 1.82) is 0 Å². The first-order chi connectivity index (χ1) is 11.8. The zero-order chi connectivity index (χ0) is 16.8. The van der Waals surface area contributed by atoms with E-state index < -0.39 is 0 Å². The van der Waals surface area contributed by atoms with E-state index in [1.54, 1.807) is 0 Å². The van der Waals surface area contributed by atoms with E-state index in [-0.39, 0.29) is 18.6 Å². The van der Waals surface area contributed by atoms with Crippen molar-refractivity contribution in [2.75, 3.05) is 26.4 Å². The number of benzene rings is 2. The van der Waals surface area contributed by atoms with E-state index in [2.05, 4.69) is 19.1 Å². The summed E-state index contributed by atoms with van der Waals surface area (Å²) in [7, 11) is 0. The van der Waals surface area contributed by atoms with Crippen LogP contribution in [0.1, 0.15) is 18.5 Å². The van der Waals surface area contributed by atoms with Crippen molar-refractivity contribution in [2.24, 2.45) is 5.92 Å². The molecule has 1 fully saturated rings. The van der Waals surface area contributed by atoms with Gasteiger partial charge in [-0.05, 0) is 23.6 Å². The maximum absolute atomic E-state index is 12.3. The molecular weight excluding hydrogens is 302 g/mol. The van der Waals surface area contributed by atoms with E-state index in [0.29, 0.717) is 19.1 Å². The monoisotopic (exact) mass is 325 g/mol. The number of amides is 1. The van der Waals surface area contributed by atoms with Gasteiger partial charge in [-0.15, -0.1) is 0 Å². The van der Waals surface area contributed by atoms with Crippen LogP contribution in [-0.2, 0) is 9.53 Å². The van der Waals surface area contributed by atoms with Gasteiger partial charge in [0.05, 0.1) is 12.6 Å². The third-order valence-corrected chi connectivity index (χ3v) is 4.29. The Morgan fingerprint density at radius 3 is 2.38 bits per heavy atom. The lowest BCUT2D eigenvalue weighted by atomic mass is 9.85. The highest BCUT2D eigenvalue weighted by Crippen LogP contribution is 2.38. The first kappa shape index (κ1) is 16.5. The fraction of sp³-hybridized carbons (Fsp3) is 0.350. The van der Waals surface area contributed by atoms with Gasteiger partial charge in [-0.2, -0.15) is 0 Å². The van der Waals surface area contributed by atoms with Crippen molar-refractivity contribution < 1.29 is 14.3 Å². The van der Waals surface area contributed by atoms with E-state index in [0.717, 1.165) is 12.3 Å². The average Bonchev–Trinajstić information content (AvgIpc) is 2.61. The summed E-state index contributed by atoms with van der Waals surface area (Å²) in [5.41, 5.74) is 1.19. The van der Waals surface area contributed by atoms with Gasteiger partial charge in [-0.25, -0.2) is 0 Å². The summed E-state index contributed by atoms with van der Waals surface area (Å²) in [6, 6.07) is 19.9. The minimum Gasteiger partial charge on any atom is -0.491 e. The van der Waals surface area contributed by atoms with E-state index in [1.165, 1.54) is 5.56 Å². The number of carbonyl (C=O) groups excluding carboxylic acids is 1. The number of nitrogens with zero attached hydrogens (tertiary/aromatic N) is 1. The molecule has 4 nitrogen and oxygen atoms in total. The molecule has 0 radical (unpaired) electrons. The predicted octanol–water partition coefficient (Wildman–Crippen LogP) is 3.30. The molecule has 4 heteroatoms. The van der Waals surface area contributed by atoms with E-state index in [4.69, 9.17) is 9.47 Å². The quantitative estimate of drug-likeness (QED) is 0.733. The van der Waals surface area contributed by atoms with Gasteiger partial charge in [0.2, 0.25) is 5.91 Å². The number of ether oxygens (including phenoxy) is 2. The Balaban J connectivity index is 1.41. The molecule has 0 bridgehead atoms. The highest BCUT2D eigenvalue weighted by Gasteiger charge is 2.39. The van der Waals surface area contributed by atoms with Crippen LogP contribution in [0.25, 0.3) is 0 Å². The van der Waals surface area contributed by atoms with Gasteiger partial charge >= 0.3 is 0 Å². The van der Waals surface area contributed by atoms with Gasteiger partial charge in [0, 0.05) is 6.54 Å². The summed E-state index contributed by atoms with van der Waals surface area (Å²) in [4.78, 5) is 14.2. The molecule has 0 aromatic heterocycles. The standard InChI is InChI=1S/C20H23NO3/c1-16-14-21(20(16)17-8-4-2-5-9-17)19(22)15-23-12-13-24-18-10-6-3-7-11-18/h2-11,16,20H,12-15H2,1H3/t16-,20-/m1/s1. The number of para-hydroxylation sites is 1. The van der Waals surface area contributed by atoms with Gasteiger partial charge in [0.15, 0.2) is 0 Å². The Morgan fingerprint density at radius 2 is 1.71 bits per heavy atom. The second kappa shape index (κ2) is 7.97. The average molecular weight is 325 g/mol. The minimum absolute atomic E-state index is 0.0432. The van der Waals surface area contributed by atoms with Crippen LogP contribution in [0.15, 0.2) is 60.7 Å². The second-order valence-electron chi connectivity index (χ2n) is 6.09.